The molecule has 1 rings (SSSR count). The molecule has 0 fully saturated rings. The molecule has 0 aliphatic rings. The van der Waals surface area contributed by atoms with Gasteiger partial charge >= 0.3 is 80.4 Å². The summed E-state index contributed by atoms with van der Waals surface area (Å²) >= 11 is 1.48. The second-order valence-corrected chi connectivity index (χ2v) is 3.58. The average molecular weight is 222 g/mol. The summed E-state index contributed by atoms with van der Waals surface area (Å²) in [5, 5.41) is 0. The van der Waals surface area contributed by atoms with Crippen LogP contribution in [0.4, 0.5) is 4.39 Å². The fourth-order valence-electron chi connectivity index (χ4n) is 1.01. The van der Waals surface area contributed by atoms with E-state index in [1.165, 1.54) is 22.1 Å². The van der Waals surface area contributed by atoms with Gasteiger partial charge in [-0.1, -0.05) is 0 Å². The summed E-state index contributed by atoms with van der Waals surface area (Å²) in [5.41, 5.74) is 1.26. The second-order valence-electron chi connectivity index (χ2n) is 2.58. The van der Waals surface area contributed by atoms with Gasteiger partial charge in [0.25, 0.3) is 0 Å². The Morgan fingerprint density at radius 1 is 1.33 bits per heavy atom. The molecule has 0 aliphatic carbocycles. The van der Waals surface area contributed by atoms with Crippen LogP contribution in [0, 0.1) is 0 Å². The van der Waals surface area contributed by atoms with Crippen LogP contribution in [0.3, 0.4) is 0 Å². The molecular formula is C10H10FGe. The van der Waals surface area contributed by atoms with Crippen LogP contribution >= 0.6 is 0 Å². The molecule has 0 N–H and O–H groups in total. The third kappa shape index (κ3) is 3.72. The molecule has 12 heavy (non-hydrogen) atoms. The molecule has 0 unspecified atom stereocenters. The van der Waals surface area contributed by atoms with Crippen LogP contribution in [-0.4, -0.2) is 16.5 Å². The molecular weight excluding hydrogens is 212 g/mol. The van der Waals surface area contributed by atoms with Gasteiger partial charge < -0.3 is 0 Å². The number of allylic oxidation sites excluding steroid dienone is 1. The quantitative estimate of drug-likeness (QED) is 0.689. The first kappa shape index (κ1) is 9.52. The van der Waals surface area contributed by atoms with E-state index >= 15 is 0 Å². The van der Waals surface area contributed by atoms with Crippen LogP contribution < -0.4 is 0 Å². The number of benzene rings is 1. The van der Waals surface area contributed by atoms with E-state index in [2.05, 4.69) is 12.1 Å². The van der Waals surface area contributed by atoms with E-state index in [0.29, 0.717) is 0 Å². The molecule has 0 nitrogen and oxygen atoms in total. The van der Waals surface area contributed by atoms with E-state index in [1.54, 1.807) is 6.08 Å². The standard InChI is InChI=1S/C10H10FGe/c11-10(12)8-4-7-9-5-2-1-3-6-9/h1-3,5-6,8H,4,7H2/b10-8+. The Morgan fingerprint density at radius 3 is 2.58 bits per heavy atom. The number of hydrogen-bond donors (Lipinski definition) is 0. The molecule has 0 saturated carbocycles. The fraction of sp³-hybridized carbons (Fsp3) is 0.200. The van der Waals surface area contributed by atoms with Crippen molar-refractivity contribution in [2.24, 2.45) is 0 Å². The summed E-state index contributed by atoms with van der Waals surface area (Å²) in [6.07, 6.45) is 3.32. The topological polar surface area (TPSA) is 0 Å². The van der Waals surface area contributed by atoms with Crippen LogP contribution in [0.2, 0.25) is 0 Å². The maximum absolute atomic E-state index is 12.3. The van der Waals surface area contributed by atoms with Crippen molar-refractivity contribution in [1.29, 1.82) is 0 Å². The van der Waals surface area contributed by atoms with Crippen LogP contribution in [0.5, 0.6) is 0 Å². The Balaban J connectivity index is 2.39. The van der Waals surface area contributed by atoms with Crippen molar-refractivity contribution in [1.82, 2.24) is 0 Å². The molecule has 61 valence electrons. The summed E-state index contributed by atoms with van der Waals surface area (Å²) in [5.74, 6) is 0. The van der Waals surface area contributed by atoms with Crippen molar-refractivity contribution in [3.63, 3.8) is 0 Å². The molecule has 1 aromatic rings. The molecule has 1 aromatic carbocycles. The molecule has 0 aliphatic heterocycles. The van der Waals surface area contributed by atoms with Gasteiger partial charge in [-0.25, -0.2) is 0 Å². The summed E-state index contributed by atoms with van der Waals surface area (Å²) < 4.78 is 12.2. The molecule has 0 heterocycles. The average Bonchev–Trinajstić information content (AvgIpc) is 2.05. The monoisotopic (exact) mass is 223 g/mol. The Morgan fingerprint density at radius 2 is 2.00 bits per heavy atom. The van der Waals surface area contributed by atoms with Crippen molar-refractivity contribution < 1.29 is 4.39 Å². The third-order valence-corrected chi connectivity index (χ3v) is 2.03. The summed E-state index contributed by atoms with van der Waals surface area (Å²) in [6, 6.07) is 10.1. The van der Waals surface area contributed by atoms with E-state index in [-0.39, 0.29) is 4.66 Å². The maximum atomic E-state index is 12.3. The van der Waals surface area contributed by atoms with Crippen molar-refractivity contribution in [2.45, 2.75) is 12.8 Å². The van der Waals surface area contributed by atoms with Gasteiger partial charge in [0.1, 0.15) is 0 Å². The predicted molar refractivity (Wildman–Crippen MR) is 49.7 cm³/mol. The normalized spacial score (nSPS) is 11.7. The molecule has 0 spiro atoms. The molecule has 0 amide bonds. The molecule has 3 radical (unpaired) electrons. The number of halogens is 1. The Labute approximate surface area is 80.7 Å². The molecule has 0 saturated heterocycles. The number of aryl methyl sites for hydroxylation is 1. The fourth-order valence-corrected chi connectivity index (χ4v) is 1.31. The van der Waals surface area contributed by atoms with Gasteiger partial charge in [0.05, 0.1) is 0 Å². The van der Waals surface area contributed by atoms with Gasteiger partial charge in [-0.15, -0.1) is 0 Å². The van der Waals surface area contributed by atoms with Gasteiger partial charge in [0.15, 0.2) is 0 Å². The predicted octanol–water partition coefficient (Wildman–Crippen LogP) is 2.60. The van der Waals surface area contributed by atoms with E-state index < -0.39 is 0 Å². The molecule has 0 aromatic heterocycles. The SMILES string of the molecule is F/[C]([Ge])=C\CCc1ccccc1. The van der Waals surface area contributed by atoms with Gasteiger partial charge in [0.2, 0.25) is 0 Å². The van der Waals surface area contributed by atoms with Crippen LogP contribution in [0.1, 0.15) is 12.0 Å². The number of rotatable bonds is 3. The van der Waals surface area contributed by atoms with Gasteiger partial charge in [-0.05, 0) is 0 Å². The van der Waals surface area contributed by atoms with Gasteiger partial charge in [-0.3, -0.25) is 0 Å². The first-order valence-electron chi connectivity index (χ1n) is 3.90. The second kappa shape index (κ2) is 5.14. The number of hydrogen-bond acceptors (Lipinski definition) is 0. The van der Waals surface area contributed by atoms with E-state index in [0.717, 1.165) is 12.8 Å². The first-order chi connectivity index (χ1) is 5.79. The Kier molecular flexibility index (Phi) is 4.08. The van der Waals surface area contributed by atoms with Crippen molar-refractivity contribution in [2.75, 3.05) is 0 Å². The van der Waals surface area contributed by atoms with Crippen molar-refractivity contribution >= 4 is 16.5 Å². The molecule has 0 atom stereocenters. The van der Waals surface area contributed by atoms with Crippen molar-refractivity contribution in [3.8, 4) is 0 Å². The zero-order chi connectivity index (χ0) is 8.81. The zero-order valence-electron chi connectivity index (χ0n) is 6.76. The Hall–Kier alpha value is -0.567. The Bertz CT molecular complexity index is 250. The minimum absolute atomic E-state index is 0.0917. The summed E-state index contributed by atoms with van der Waals surface area (Å²) in [7, 11) is 0. The summed E-state index contributed by atoms with van der Waals surface area (Å²) in [6.45, 7) is 0. The minimum atomic E-state index is -0.0917. The van der Waals surface area contributed by atoms with Crippen molar-refractivity contribution in [3.05, 3.63) is 46.6 Å². The van der Waals surface area contributed by atoms with E-state index in [9.17, 15) is 4.39 Å². The van der Waals surface area contributed by atoms with E-state index in [1.807, 2.05) is 18.2 Å². The first-order valence-corrected chi connectivity index (χ1v) is 4.95. The molecule has 2 heteroatoms. The molecule has 0 bridgehead atoms. The van der Waals surface area contributed by atoms with Gasteiger partial charge in [-0.2, -0.15) is 0 Å². The van der Waals surface area contributed by atoms with Crippen LogP contribution in [0.25, 0.3) is 0 Å². The van der Waals surface area contributed by atoms with Crippen LogP contribution in [0.15, 0.2) is 41.1 Å². The van der Waals surface area contributed by atoms with Crippen LogP contribution in [-0.2, 0) is 6.42 Å². The zero-order valence-corrected chi connectivity index (χ0v) is 8.85. The summed E-state index contributed by atoms with van der Waals surface area (Å²) in [4.78, 5) is 0. The van der Waals surface area contributed by atoms with Gasteiger partial charge in [0, 0.05) is 0 Å². The third-order valence-electron chi connectivity index (χ3n) is 1.60. The van der Waals surface area contributed by atoms with E-state index in [4.69, 9.17) is 0 Å².